The molecule has 102 valence electrons. The van der Waals surface area contributed by atoms with Gasteiger partial charge in [-0.2, -0.15) is 0 Å². The van der Waals surface area contributed by atoms with Crippen molar-refractivity contribution < 1.29 is 9.84 Å². The van der Waals surface area contributed by atoms with Crippen LogP contribution < -0.4 is 4.74 Å². The van der Waals surface area contributed by atoms with Crippen LogP contribution in [0.1, 0.15) is 29.6 Å². The van der Waals surface area contributed by atoms with E-state index in [1.807, 2.05) is 43.5 Å². The van der Waals surface area contributed by atoms with E-state index in [9.17, 15) is 5.11 Å². The van der Waals surface area contributed by atoms with Gasteiger partial charge in [0, 0.05) is 11.1 Å². The summed E-state index contributed by atoms with van der Waals surface area (Å²) in [6.07, 6.45) is 1.44. The van der Waals surface area contributed by atoms with Gasteiger partial charge in [-0.05, 0) is 44.4 Å². The van der Waals surface area contributed by atoms with Gasteiger partial charge in [0.05, 0.1) is 6.10 Å². The fourth-order valence-corrected chi connectivity index (χ4v) is 2.42. The average molecular weight is 277 g/mol. The molecule has 0 fully saturated rings. The molecule has 1 atom stereocenters. The third-order valence-corrected chi connectivity index (χ3v) is 3.74. The highest BCUT2D eigenvalue weighted by molar-refractivity contribution is 7.09. The Hall–Kier alpha value is -1.39. The summed E-state index contributed by atoms with van der Waals surface area (Å²) in [6.45, 7) is 4.32. The molecular weight excluding hydrogens is 258 g/mol. The highest BCUT2D eigenvalue weighted by atomic mass is 32.1. The normalized spacial score (nSPS) is 12.4. The predicted octanol–water partition coefficient (Wildman–Crippen LogP) is 3.34. The summed E-state index contributed by atoms with van der Waals surface area (Å²) < 4.78 is 5.68. The SMILES string of the molecule is Cc1csc(COc2ccc(CCC(C)O)cc2)n1. The molecule has 0 aliphatic carbocycles. The fourth-order valence-electron chi connectivity index (χ4n) is 1.74. The van der Waals surface area contributed by atoms with E-state index >= 15 is 0 Å². The maximum Gasteiger partial charge on any atom is 0.140 e. The van der Waals surface area contributed by atoms with Crippen molar-refractivity contribution in [3.05, 3.63) is 45.9 Å². The van der Waals surface area contributed by atoms with Crippen LogP contribution in [0.25, 0.3) is 0 Å². The van der Waals surface area contributed by atoms with E-state index < -0.39 is 0 Å². The lowest BCUT2D eigenvalue weighted by Gasteiger charge is -2.07. The smallest absolute Gasteiger partial charge is 0.140 e. The second-order valence-electron chi connectivity index (χ2n) is 4.70. The molecule has 2 rings (SSSR count). The first kappa shape index (κ1) is 14.0. The van der Waals surface area contributed by atoms with E-state index in [4.69, 9.17) is 4.74 Å². The molecule has 4 heteroatoms. The third-order valence-electron chi connectivity index (χ3n) is 2.80. The maximum atomic E-state index is 9.25. The van der Waals surface area contributed by atoms with Gasteiger partial charge in [-0.3, -0.25) is 0 Å². The molecule has 1 N–H and O–H groups in total. The van der Waals surface area contributed by atoms with Crippen LogP contribution in [0.4, 0.5) is 0 Å². The number of aliphatic hydroxyl groups is 1. The van der Waals surface area contributed by atoms with Crippen molar-refractivity contribution in [2.45, 2.75) is 39.4 Å². The van der Waals surface area contributed by atoms with Crippen LogP contribution in [0.2, 0.25) is 0 Å². The second kappa shape index (κ2) is 6.68. The van der Waals surface area contributed by atoms with Crippen LogP contribution in [0.3, 0.4) is 0 Å². The molecule has 1 aromatic heterocycles. The number of aromatic nitrogens is 1. The minimum Gasteiger partial charge on any atom is -0.486 e. The first-order valence-corrected chi connectivity index (χ1v) is 7.32. The number of thiazole rings is 1. The van der Waals surface area contributed by atoms with Gasteiger partial charge >= 0.3 is 0 Å². The van der Waals surface area contributed by atoms with Gasteiger partial charge in [0.15, 0.2) is 0 Å². The molecule has 0 spiro atoms. The molecule has 2 aromatic rings. The number of hydrogen-bond donors (Lipinski definition) is 1. The molecule has 19 heavy (non-hydrogen) atoms. The second-order valence-corrected chi connectivity index (χ2v) is 5.65. The number of benzene rings is 1. The monoisotopic (exact) mass is 277 g/mol. The molecule has 1 heterocycles. The number of nitrogens with zero attached hydrogens (tertiary/aromatic N) is 1. The van der Waals surface area contributed by atoms with Gasteiger partial charge in [-0.1, -0.05) is 12.1 Å². The van der Waals surface area contributed by atoms with Crippen molar-refractivity contribution in [1.82, 2.24) is 4.98 Å². The molecule has 0 amide bonds. The van der Waals surface area contributed by atoms with Crippen molar-refractivity contribution in [3.8, 4) is 5.75 Å². The Morgan fingerprint density at radius 1 is 1.32 bits per heavy atom. The summed E-state index contributed by atoms with van der Waals surface area (Å²) in [5.74, 6) is 0.855. The Labute approximate surface area is 117 Å². The molecule has 0 aliphatic rings. The van der Waals surface area contributed by atoms with Crippen molar-refractivity contribution in [2.75, 3.05) is 0 Å². The minimum absolute atomic E-state index is 0.246. The van der Waals surface area contributed by atoms with Crippen molar-refractivity contribution in [3.63, 3.8) is 0 Å². The predicted molar refractivity (Wildman–Crippen MR) is 77.6 cm³/mol. The number of rotatable bonds is 6. The van der Waals surface area contributed by atoms with Crippen molar-refractivity contribution in [2.24, 2.45) is 0 Å². The molecule has 3 nitrogen and oxygen atoms in total. The van der Waals surface area contributed by atoms with Crippen LogP contribution in [0.15, 0.2) is 29.6 Å². The van der Waals surface area contributed by atoms with Gasteiger partial charge in [-0.25, -0.2) is 4.98 Å². The molecule has 0 bridgehead atoms. The summed E-state index contributed by atoms with van der Waals surface area (Å²) in [5.41, 5.74) is 2.26. The van der Waals surface area contributed by atoms with E-state index in [2.05, 4.69) is 4.98 Å². The van der Waals surface area contributed by atoms with Gasteiger partial charge < -0.3 is 9.84 Å². The molecule has 0 radical (unpaired) electrons. The molecule has 1 unspecified atom stereocenters. The molecule has 1 aromatic carbocycles. The zero-order valence-electron chi connectivity index (χ0n) is 11.3. The molecule has 0 saturated carbocycles. The lowest BCUT2D eigenvalue weighted by atomic mass is 10.1. The highest BCUT2D eigenvalue weighted by Crippen LogP contribution is 2.17. The number of hydrogen-bond acceptors (Lipinski definition) is 4. The number of aliphatic hydroxyl groups excluding tert-OH is 1. The topological polar surface area (TPSA) is 42.4 Å². The first-order valence-electron chi connectivity index (χ1n) is 6.44. The standard InChI is InChI=1S/C15H19NO2S/c1-11-10-19-15(16-11)9-18-14-7-5-13(6-8-14)4-3-12(2)17/h5-8,10,12,17H,3-4,9H2,1-2H3. The van der Waals surface area contributed by atoms with E-state index in [1.54, 1.807) is 11.3 Å². The summed E-state index contributed by atoms with van der Waals surface area (Å²) in [6, 6.07) is 8.03. The Morgan fingerprint density at radius 2 is 2.05 bits per heavy atom. The average Bonchev–Trinajstić information content (AvgIpc) is 2.81. The lowest BCUT2D eigenvalue weighted by Crippen LogP contribution is -2.01. The van der Waals surface area contributed by atoms with Crippen LogP contribution in [-0.2, 0) is 13.0 Å². The molecular formula is C15H19NO2S. The Bertz CT molecular complexity index is 505. The van der Waals surface area contributed by atoms with Crippen LogP contribution in [0, 0.1) is 6.92 Å². The van der Waals surface area contributed by atoms with E-state index in [0.717, 1.165) is 29.3 Å². The Balaban J connectivity index is 1.84. The van der Waals surface area contributed by atoms with Gasteiger partial charge in [0.25, 0.3) is 0 Å². The highest BCUT2D eigenvalue weighted by Gasteiger charge is 2.01. The summed E-state index contributed by atoms with van der Waals surface area (Å²) in [5, 5.41) is 12.3. The van der Waals surface area contributed by atoms with E-state index in [0.29, 0.717) is 6.61 Å². The lowest BCUT2D eigenvalue weighted by molar-refractivity contribution is 0.185. The summed E-state index contributed by atoms with van der Waals surface area (Å²) >= 11 is 1.62. The largest absolute Gasteiger partial charge is 0.486 e. The molecule has 0 saturated heterocycles. The van der Waals surface area contributed by atoms with Gasteiger partial charge in [0.1, 0.15) is 17.4 Å². The first-order chi connectivity index (χ1) is 9.13. The van der Waals surface area contributed by atoms with Crippen LogP contribution in [0.5, 0.6) is 5.75 Å². The number of aryl methyl sites for hydroxylation is 2. The quantitative estimate of drug-likeness (QED) is 0.880. The van der Waals surface area contributed by atoms with Crippen molar-refractivity contribution in [1.29, 1.82) is 0 Å². The number of ether oxygens (including phenoxy) is 1. The van der Waals surface area contributed by atoms with Gasteiger partial charge in [0.2, 0.25) is 0 Å². The Kier molecular flexibility index (Phi) is 4.93. The van der Waals surface area contributed by atoms with Crippen LogP contribution >= 0.6 is 11.3 Å². The van der Waals surface area contributed by atoms with E-state index in [1.165, 1.54) is 5.56 Å². The summed E-state index contributed by atoms with van der Waals surface area (Å²) in [7, 11) is 0. The zero-order valence-corrected chi connectivity index (χ0v) is 12.1. The third kappa shape index (κ3) is 4.65. The maximum absolute atomic E-state index is 9.25. The Morgan fingerprint density at radius 3 is 2.63 bits per heavy atom. The zero-order chi connectivity index (χ0) is 13.7. The summed E-state index contributed by atoms with van der Waals surface area (Å²) in [4.78, 5) is 4.36. The van der Waals surface area contributed by atoms with Gasteiger partial charge in [-0.15, -0.1) is 11.3 Å². The fraction of sp³-hybridized carbons (Fsp3) is 0.400. The van der Waals surface area contributed by atoms with Crippen molar-refractivity contribution >= 4 is 11.3 Å². The molecule has 0 aliphatic heterocycles. The van der Waals surface area contributed by atoms with Crippen LogP contribution in [-0.4, -0.2) is 16.2 Å². The minimum atomic E-state index is -0.246. The van der Waals surface area contributed by atoms with E-state index in [-0.39, 0.29) is 6.10 Å².